The smallest absolute Gasteiger partial charge is 0.340 e. The number of carboxylic acid groups (broad SMARTS) is 1. The molecule has 0 aliphatic carbocycles. The molecule has 0 radical (unpaired) electrons. The van der Waals surface area contributed by atoms with Crippen LogP contribution in [-0.4, -0.2) is 23.3 Å². The summed E-state index contributed by atoms with van der Waals surface area (Å²) in [4.78, 5) is 11.8. The van der Waals surface area contributed by atoms with Gasteiger partial charge in [-0.1, -0.05) is 6.92 Å². The molecule has 1 aromatic heterocycles. The third-order valence-corrected chi connectivity index (χ3v) is 4.11. The van der Waals surface area contributed by atoms with Crippen molar-refractivity contribution >= 4 is 16.9 Å². The van der Waals surface area contributed by atoms with Crippen molar-refractivity contribution in [1.29, 1.82) is 0 Å². The molecule has 3 rings (SSSR count). The molecule has 2 aromatic carbocycles. The van der Waals surface area contributed by atoms with Gasteiger partial charge in [0.25, 0.3) is 0 Å². The van der Waals surface area contributed by atoms with Crippen LogP contribution in [0.5, 0.6) is 5.75 Å². The number of carbonyl (C=O) groups is 1. The van der Waals surface area contributed by atoms with Crippen molar-refractivity contribution in [2.45, 2.75) is 19.4 Å². The molecule has 0 saturated carbocycles. The summed E-state index contributed by atoms with van der Waals surface area (Å²) in [5, 5.41) is 20.1. The number of hydrogen-bond donors (Lipinski definition) is 2. The quantitative estimate of drug-likeness (QED) is 0.717. The van der Waals surface area contributed by atoms with Crippen LogP contribution in [0.4, 0.5) is 4.39 Å². The van der Waals surface area contributed by atoms with Gasteiger partial charge in [0.1, 0.15) is 28.5 Å². The van der Waals surface area contributed by atoms with Gasteiger partial charge in [0.15, 0.2) is 0 Å². The van der Waals surface area contributed by atoms with Gasteiger partial charge < -0.3 is 19.4 Å². The lowest BCUT2D eigenvalue weighted by atomic mass is 10.0. The first-order valence-corrected chi connectivity index (χ1v) is 7.78. The van der Waals surface area contributed by atoms with Gasteiger partial charge in [0, 0.05) is 16.5 Å². The maximum Gasteiger partial charge on any atom is 0.340 e. The van der Waals surface area contributed by atoms with Gasteiger partial charge in [0.05, 0.1) is 13.2 Å². The fraction of sp³-hybridized carbons (Fsp3) is 0.211. The Bertz CT molecular complexity index is 927. The molecule has 1 heterocycles. The molecule has 2 N–H and O–H groups in total. The second-order valence-corrected chi connectivity index (χ2v) is 5.63. The van der Waals surface area contributed by atoms with Gasteiger partial charge in [0.2, 0.25) is 0 Å². The van der Waals surface area contributed by atoms with Crippen LogP contribution in [0.15, 0.2) is 40.8 Å². The first-order valence-electron chi connectivity index (χ1n) is 7.78. The fourth-order valence-corrected chi connectivity index (χ4v) is 2.81. The zero-order valence-corrected chi connectivity index (χ0v) is 13.7. The summed E-state index contributed by atoms with van der Waals surface area (Å²) in [6.45, 7) is 1.82. The van der Waals surface area contributed by atoms with Gasteiger partial charge in [-0.2, -0.15) is 0 Å². The highest BCUT2D eigenvalue weighted by Gasteiger charge is 2.24. The van der Waals surface area contributed by atoms with Gasteiger partial charge in [-0.3, -0.25) is 0 Å². The van der Waals surface area contributed by atoms with Crippen molar-refractivity contribution in [3.8, 4) is 17.1 Å². The van der Waals surface area contributed by atoms with Crippen LogP contribution in [0.1, 0.15) is 35.4 Å². The molecule has 0 amide bonds. The van der Waals surface area contributed by atoms with Crippen molar-refractivity contribution < 1.29 is 28.6 Å². The van der Waals surface area contributed by atoms with Crippen LogP contribution < -0.4 is 4.74 Å². The van der Waals surface area contributed by atoms with Crippen LogP contribution in [0.3, 0.4) is 0 Å². The number of fused-ring (bicyclic) bond motifs is 1. The zero-order chi connectivity index (χ0) is 18.1. The van der Waals surface area contributed by atoms with E-state index in [1.54, 1.807) is 12.1 Å². The largest absolute Gasteiger partial charge is 0.496 e. The third-order valence-electron chi connectivity index (χ3n) is 4.11. The second kappa shape index (κ2) is 6.57. The number of rotatable bonds is 5. The lowest BCUT2D eigenvalue weighted by molar-refractivity contribution is 0.0699. The number of aliphatic hydroxyl groups excluding tert-OH is 1. The lowest BCUT2D eigenvalue weighted by Crippen LogP contribution is -2.00. The van der Waals surface area contributed by atoms with Gasteiger partial charge in [-0.15, -0.1) is 0 Å². The Morgan fingerprint density at radius 3 is 2.52 bits per heavy atom. The fourth-order valence-electron chi connectivity index (χ4n) is 2.81. The van der Waals surface area contributed by atoms with Crippen molar-refractivity contribution in [2.24, 2.45) is 0 Å². The summed E-state index contributed by atoms with van der Waals surface area (Å²) < 4.78 is 24.2. The van der Waals surface area contributed by atoms with E-state index < -0.39 is 17.9 Å². The minimum Gasteiger partial charge on any atom is -0.496 e. The molecule has 0 spiro atoms. The Kier molecular flexibility index (Phi) is 4.46. The number of methoxy groups -OCH3 is 1. The van der Waals surface area contributed by atoms with Gasteiger partial charge >= 0.3 is 5.97 Å². The van der Waals surface area contributed by atoms with Crippen molar-refractivity contribution in [3.63, 3.8) is 0 Å². The second-order valence-electron chi connectivity index (χ2n) is 5.63. The first-order chi connectivity index (χ1) is 12.0. The van der Waals surface area contributed by atoms with E-state index in [4.69, 9.17) is 9.15 Å². The van der Waals surface area contributed by atoms with Crippen molar-refractivity contribution in [3.05, 3.63) is 53.3 Å². The normalized spacial score (nSPS) is 12.3. The Morgan fingerprint density at radius 2 is 1.96 bits per heavy atom. The minimum absolute atomic E-state index is 0.0301. The first kappa shape index (κ1) is 17.0. The molecule has 6 heteroatoms. The number of furan rings is 1. The van der Waals surface area contributed by atoms with E-state index in [1.165, 1.54) is 31.4 Å². The number of carboxylic acids is 1. The molecule has 5 nitrogen and oxygen atoms in total. The Morgan fingerprint density at radius 1 is 1.28 bits per heavy atom. The standard InChI is InChI=1S/C19H17FO5/c1-3-14(21)12-8-16-13(9-15(12)24-2)17(19(22)23)18(25-16)10-4-6-11(20)7-5-10/h4-9,14,21H,3H2,1-2H3,(H,22,23). The summed E-state index contributed by atoms with van der Waals surface area (Å²) >= 11 is 0. The highest BCUT2D eigenvalue weighted by molar-refractivity contribution is 6.08. The molecule has 0 bridgehead atoms. The van der Waals surface area contributed by atoms with Crippen molar-refractivity contribution in [1.82, 2.24) is 0 Å². The summed E-state index contributed by atoms with van der Waals surface area (Å²) in [5.74, 6) is -1.07. The van der Waals surface area contributed by atoms with Crippen LogP contribution >= 0.6 is 0 Å². The van der Waals surface area contributed by atoms with Crippen molar-refractivity contribution in [2.75, 3.05) is 7.11 Å². The number of benzene rings is 2. The SMILES string of the molecule is CCC(O)c1cc2oc(-c3ccc(F)cc3)c(C(=O)O)c2cc1OC. The monoisotopic (exact) mass is 344 g/mol. The number of hydrogen-bond acceptors (Lipinski definition) is 4. The molecular weight excluding hydrogens is 327 g/mol. The van der Waals surface area contributed by atoms with Gasteiger partial charge in [-0.25, -0.2) is 9.18 Å². The van der Waals surface area contributed by atoms with Crippen LogP contribution in [-0.2, 0) is 0 Å². The molecule has 130 valence electrons. The molecule has 0 aliphatic rings. The molecule has 0 aliphatic heterocycles. The maximum absolute atomic E-state index is 13.2. The predicted octanol–water partition coefficient (Wildman–Crippen LogP) is 4.39. The molecule has 0 fully saturated rings. The predicted molar refractivity (Wildman–Crippen MR) is 90.4 cm³/mol. The average molecular weight is 344 g/mol. The molecule has 3 aromatic rings. The topological polar surface area (TPSA) is 79.9 Å². The van der Waals surface area contributed by atoms with E-state index in [0.29, 0.717) is 34.3 Å². The molecule has 1 atom stereocenters. The highest BCUT2D eigenvalue weighted by atomic mass is 19.1. The molecule has 0 saturated heterocycles. The number of aliphatic hydroxyl groups is 1. The Hall–Kier alpha value is -2.86. The average Bonchev–Trinajstić information content (AvgIpc) is 2.98. The summed E-state index contributed by atoms with van der Waals surface area (Å²) in [6.07, 6.45) is -0.286. The highest BCUT2D eigenvalue weighted by Crippen LogP contribution is 2.39. The molecule has 1 unspecified atom stereocenters. The summed E-state index contributed by atoms with van der Waals surface area (Å²) in [7, 11) is 1.45. The van der Waals surface area contributed by atoms with Crippen LogP contribution in [0.2, 0.25) is 0 Å². The number of aromatic carboxylic acids is 1. The third kappa shape index (κ3) is 2.96. The van der Waals surface area contributed by atoms with Crippen LogP contribution in [0, 0.1) is 5.82 Å². The lowest BCUT2D eigenvalue weighted by Gasteiger charge is -2.13. The minimum atomic E-state index is -1.16. The van der Waals surface area contributed by atoms with Crippen LogP contribution in [0.25, 0.3) is 22.3 Å². The zero-order valence-electron chi connectivity index (χ0n) is 13.7. The Balaban J connectivity index is 2.30. The van der Waals surface area contributed by atoms with Gasteiger partial charge in [-0.05, 0) is 42.8 Å². The Labute approximate surface area is 143 Å². The molecular formula is C19H17FO5. The van der Waals surface area contributed by atoms with E-state index in [0.717, 1.165) is 0 Å². The summed E-state index contributed by atoms with van der Waals surface area (Å²) in [6, 6.07) is 8.52. The summed E-state index contributed by atoms with van der Waals surface area (Å²) in [5.41, 5.74) is 1.26. The van der Waals surface area contributed by atoms with E-state index in [2.05, 4.69) is 0 Å². The van der Waals surface area contributed by atoms with E-state index in [1.807, 2.05) is 6.92 Å². The van der Waals surface area contributed by atoms with E-state index >= 15 is 0 Å². The number of ether oxygens (including phenoxy) is 1. The number of halogens is 1. The van der Waals surface area contributed by atoms with E-state index in [-0.39, 0.29) is 11.3 Å². The molecule has 25 heavy (non-hydrogen) atoms. The van der Waals surface area contributed by atoms with E-state index in [9.17, 15) is 19.4 Å². The maximum atomic E-state index is 13.2.